The van der Waals surface area contributed by atoms with E-state index in [1.54, 1.807) is 27.8 Å². The number of hydrogen-bond donors (Lipinski definition) is 3. The molecule has 1 aliphatic rings. The Morgan fingerprint density at radius 3 is 2.83 bits per heavy atom. The first-order valence-electron chi connectivity index (χ1n) is 10.1. The summed E-state index contributed by atoms with van der Waals surface area (Å²) >= 11 is 0. The molecule has 1 unspecified atom stereocenters. The Morgan fingerprint density at radius 2 is 2.10 bits per heavy atom. The molecule has 1 saturated carbocycles. The summed E-state index contributed by atoms with van der Waals surface area (Å²) in [5, 5.41) is 25.7. The molecular weight excluding hydrogens is 380 g/mol. The lowest BCUT2D eigenvalue weighted by molar-refractivity contribution is 0.137. The summed E-state index contributed by atoms with van der Waals surface area (Å²) in [5.74, 6) is 1.20. The summed E-state index contributed by atoms with van der Waals surface area (Å²) in [6, 6.07) is 5.85. The second-order valence-corrected chi connectivity index (χ2v) is 7.85. The van der Waals surface area contributed by atoms with Gasteiger partial charge in [0.2, 0.25) is 5.95 Å². The third-order valence-electron chi connectivity index (χ3n) is 5.37. The van der Waals surface area contributed by atoms with E-state index in [2.05, 4.69) is 30.8 Å². The molecular formula is C21H24N8O. The average molecular weight is 404 g/mol. The Hall–Kier alpha value is -3.30. The molecule has 0 saturated heterocycles. The number of aryl methyl sites for hydroxylation is 2. The smallest absolute Gasteiger partial charge is 0.247 e. The number of nitrogens with one attached hydrogen (secondary N) is 2. The van der Waals surface area contributed by atoms with Crippen molar-refractivity contribution in [2.24, 2.45) is 13.0 Å². The molecule has 0 spiro atoms. The first-order valence-corrected chi connectivity index (χ1v) is 10.1. The van der Waals surface area contributed by atoms with Crippen molar-refractivity contribution in [3.8, 4) is 11.3 Å². The number of benzene rings is 1. The zero-order valence-corrected chi connectivity index (χ0v) is 16.9. The third-order valence-corrected chi connectivity index (χ3v) is 5.37. The van der Waals surface area contributed by atoms with E-state index in [-0.39, 0.29) is 0 Å². The number of aromatic nitrogens is 6. The zero-order chi connectivity index (χ0) is 20.7. The first-order chi connectivity index (χ1) is 14.6. The fourth-order valence-corrected chi connectivity index (χ4v) is 3.52. The van der Waals surface area contributed by atoms with Crippen molar-refractivity contribution >= 4 is 17.3 Å². The number of aliphatic hydroxyl groups excluding tert-OH is 1. The van der Waals surface area contributed by atoms with Crippen LogP contribution in [-0.2, 0) is 7.05 Å². The van der Waals surface area contributed by atoms with E-state index in [1.807, 2.05) is 38.4 Å². The number of fused-ring (bicyclic) bond motifs is 1. The first kappa shape index (κ1) is 18.7. The van der Waals surface area contributed by atoms with Crippen molar-refractivity contribution in [1.29, 1.82) is 0 Å². The summed E-state index contributed by atoms with van der Waals surface area (Å²) in [6.45, 7) is 2.85. The van der Waals surface area contributed by atoms with Gasteiger partial charge in [-0.25, -0.2) is 4.52 Å². The molecule has 0 radical (unpaired) electrons. The predicted octanol–water partition coefficient (Wildman–Crippen LogP) is 2.57. The lowest BCUT2D eigenvalue weighted by Gasteiger charge is -2.16. The number of anilines is 2. The van der Waals surface area contributed by atoms with Gasteiger partial charge in [-0.05, 0) is 48.9 Å². The van der Waals surface area contributed by atoms with Gasteiger partial charge in [0.05, 0.1) is 24.3 Å². The molecule has 1 aromatic carbocycles. The van der Waals surface area contributed by atoms with Crippen LogP contribution in [0.5, 0.6) is 0 Å². The van der Waals surface area contributed by atoms with Gasteiger partial charge >= 0.3 is 0 Å². The molecule has 1 aliphatic carbocycles. The highest BCUT2D eigenvalue weighted by Gasteiger charge is 2.22. The quantitative estimate of drug-likeness (QED) is 0.407. The maximum absolute atomic E-state index is 10.4. The van der Waals surface area contributed by atoms with Crippen molar-refractivity contribution < 1.29 is 5.11 Å². The van der Waals surface area contributed by atoms with Crippen LogP contribution in [0.25, 0.3) is 16.9 Å². The summed E-state index contributed by atoms with van der Waals surface area (Å²) in [4.78, 5) is 8.81. The number of nitrogens with zero attached hydrogens (tertiary/aromatic N) is 6. The van der Waals surface area contributed by atoms with E-state index in [9.17, 15) is 5.11 Å². The average Bonchev–Trinajstić information content (AvgIpc) is 3.31. The second-order valence-electron chi connectivity index (χ2n) is 7.85. The molecule has 3 N–H and O–H groups in total. The summed E-state index contributed by atoms with van der Waals surface area (Å²) in [6.07, 6.45) is 8.97. The molecule has 0 amide bonds. The van der Waals surface area contributed by atoms with Crippen LogP contribution in [0, 0.1) is 12.8 Å². The Labute approximate surface area is 173 Å². The van der Waals surface area contributed by atoms with E-state index >= 15 is 0 Å². The maximum atomic E-state index is 10.4. The second kappa shape index (κ2) is 7.51. The number of rotatable bonds is 7. The van der Waals surface area contributed by atoms with Gasteiger partial charge in [0.25, 0.3) is 0 Å². The van der Waals surface area contributed by atoms with Gasteiger partial charge in [0.1, 0.15) is 6.23 Å². The molecule has 0 bridgehead atoms. The van der Waals surface area contributed by atoms with Crippen LogP contribution >= 0.6 is 0 Å². The van der Waals surface area contributed by atoms with E-state index in [0.29, 0.717) is 17.5 Å². The van der Waals surface area contributed by atoms with Gasteiger partial charge in [-0.3, -0.25) is 15.0 Å². The Bertz CT molecular complexity index is 1190. The van der Waals surface area contributed by atoms with Crippen molar-refractivity contribution in [3.05, 3.63) is 54.1 Å². The van der Waals surface area contributed by atoms with E-state index in [0.717, 1.165) is 34.6 Å². The van der Waals surface area contributed by atoms with Gasteiger partial charge in [-0.1, -0.05) is 6.07 Å². The molecule has 3 aromatic heterocycles. The predicted molar refractivity (Wildman–Crippen MR) is 113 cm³/mol. The van der Waals surface area contributed by atoms with Crippen molar-refractivity contribution in [2.45, 2.75) is 26.0 Å². The van der Waals surface area contributed by atoms with Gasteiger partial charge in [0.15, 0.2) is 5.65 Å². The third kappa shape index (κ3) is 3.77. The minimum atomic E-state index is -0.652. The van der Waals surface area contributed by atoms with E-state index < -0.39 is 6.23 Å². The lowest BCUT2D eigenvalue weighted by atomic mass is 10.1. The highest BCUT2D eigenvalue weighted by Crippen LogP contribution is 2.29. The number of aliphatic hydroxyl groups is 1. The van der Waals surface area contributed by atoms with Crippen LogP contribution in [0.2, 0.25) is 0 Å². The number of hydrogen-bond acceptors (Lipinski definition) is 7. The molecule has 154 valence electrons. The fraction of sp³-hybridized carbons (Fsp3) is 0.333. The molecule has 0 aliphatic heterocycles. The lowest BCUT2D eigenvalue weighted by Crippen LogP contribution is -2.23. The van der Waals surface area contributed by atoms with Crippen LogP contribution in [0.4, 0.5) is 11.6 Å². The molecule has 30 heavy (non-hydrogen) atoms. The van der Waals surface area contributed by atoms with Gasteiger partial charge < -0.3 is 10.4 Å². The van der Waals surface area contributed by atoms with E-state index in [1.165, 1.54) is 12.8 Å². The Kier molecular flexibility index (Phi) is 4.68. The monoisotopic (exact) mass is 404 g/mol. The van der Waals surface area contributed by atoms with Crippen LogP contribution in [0.3, 0.4) is 0 Å². The van der Waals surface area contributed by atoms with Gasteiger partial charge in [-0.2, -0.15) is 10.1 Å². The minimum Gasteiger partial charge on any atom is -0.374 e. The zero-order valence-electron chi connectivity index (χ0n) is 16.9. The molecule has 9 nitrogen and oxygen atoms in total. The van der Waals surface area contributed by atoms with Crippen LogP contribution in [0.1, 0.15) is 30.2 Å². The maximum Gasteiger partial charge on any atom is 0.247 e. The standard InChI is InChI=1S/C21H24N8O/c1-13-7-16(5-6-17(13)20(30)23-8-14-3-4-14)25-21-26-19-11-22-10-18(29(19)27-21)15-9-24-28(2)12-15/h5-7,9-12,14,20,23,30H,3-4,8H2,1-2H3,(H,25,27). The highest BCUT2D eigenvalue weighted by molar-refractivity contribution is 5.62. The topological polar surface area (TPSA) is 105 Å². The minimum absolute atomic E-state index is 0.479. The SMILES string of the molecule is Cc1cc(Nc2nc3cncc(-c4cnn(C)c4)n3n2)ccc1C(O)NCC1CC1. The summed E-state index contributed by atoms with van der Waals surface area (Å²) in [5.41, 5.74) is 5.12. The van der Waals surface area contributed by atoms with Crippen molar-refractivity contribution in [1.82, 2.24) is 34.7 Å². The van der Waals surface area contributed by atoms with Gasteiger partial charge in [0, 0.05) is 31.0 Å². The largest absolute Gasteiger partial charge is 0.374 e. The normalized spacial score (nSPS) is 14.9. The molecule has 1 atom stereocenters. The van der Waals surface area contributed by atoms with Crippen LogP contribution in [-0.4, -0.2) is 41.0 Å². The highest BCUT2D eigenvalue weighted by atomic mass is 16.3. The Morgan fingerprint density at radius 1 is 1.23 bits per heavy atom. The summed E-state index contributed by atoms with van der Waals surface area (Å²) < 4.78 is 3.49. The molecule has 5 rings (SSSR count). The van der Waals surface area contributed by atoms with Crippen molar-refractivity contribution in [3.63, 3.8) is 0 Å². The Balaban J connectivity index is 1.37. The molecule has 4 aromatic rings. The van der Waals surface area contributed by atoms with Crippen LogP contribution in [0.15, 0.2) is 43.0 Å². The molecule has 3 heterocycles. The van der Waals surface area contributed by atoms with Gasteiger partial charge in [-0.15, -0.1) is 5.10 Å². The van der Waals surface area contributed by atoms with Crippen molar-refractivity contribution in [2.75, 3.05) is 11.9 Å². The van der Waals surface area contributed by atoms with E-state index in [4.69, 9.17) is 0 Å². The molecule has 1 fully saturated rings. The fourth-order valence-electron chi connectivity index (χ4n) is 3.52. The van der Waals surface area contributed by atoms with Crippen LogP contribution < -0.4 is 10.6 Å². The summed E-state index contributed by atoms with van der Waals surface area (Å²) in [7, 11) is 1.87. The molecule has 9 heteroatoms.